The molecule has 1 aliphatic heterocycles. The van der Waals surface area contributed by atoms with E-state index in [2.05, 4.69) is 0 Å². The van der Waals surface area contributed by atoms with Gasteiger partial charge in [0.1, 0.15) is 18.3 Å². The van der Waals surface area contributed by atoms with Crippen LogP contribution in [0.3, 0.4) is 0 Å². The number of carboxylic acids is 1. The lowest BCUT2D eigenvalue weighted by Gasteiger charge is -2.38. The highest BCUT2D eigenvalue weighted by molar-refractivity contribution is 5.99. The smallest absolute Gasteiger partial charge is 0.336 e. The number of rotatable bonds is 6. The lowest BCUT2D eigenvalue weighted by Crippen LogP contribution is -2.61. The molecule has 11 nitrogen and oxygen atoms in total. The number of aliphatic hydroxyl groups is 3. The molecule has 5 atom stereocenters. The molecule has 1 aromatic heterocycles. The molecule has 34 heavy (non-hydrogen) atoms. The Labute approximate surface area is 192 Å². The van der Waals surface area contributed by atoms with Crippen molar-refractivity contribution in [3.8, 4) is 28.4 Å². The van der Waals surface area contributed by atoms with Crippen molar-refractivity contribution in [2.24, 2.45) is 0 Å². The Hall–Kier alpha value is -3.64. The zero-order valence-electron chi connectivity index (χ0n) is 18.1. The third kappa shape index (κ3) is 4.05. The topological polar surface area (TPSA) is 165 Å². The Kier molecular flexibility index (Phi) is 6.44. The number of ether oxygens (including phenoxy) is 4. The number of benzene rings is 2. The summed E-state index contributed by atoms with van der Waals surface area (Å²) in [7, 11) is 2.62. The first-order chi connectivity index (χ1) is 16.3. The summed E-state index contributed by atoms with van der Waals surface area (Å²) in [5.41, 5.74) is 0.619. The van der Waals surface area contributed by atoms with Crippen molar-refractivity contribution in [3.05, 3.63) is 52.9 Å². The number of aliphatic hydroxyl groups excluding tert-OH is 3. The van der Waals surface area contributed by atoms with E-state index in [9.17, 15) is 30.0 Å². The van der Waals surface area contributed by atoms with Crippen molar-refractivity contribution >= 4 is 16.9 Å². The quantitative estimate of drug-likeness (QED) is 0.373. The number of methoxy groups -OCH3 is 2. The highest BCUT2D eigenvalue weighted by atomic mass is 16.7. The summed E-state index contributed by atoms with van der Waals surface area (Å²) < 4.78 is 27.1. The highest BCUT2D eigenvalue weighted by Gasteiger charge is 2.48. The minimum Gasteiger partial charge on any atom is -0.490 e. The van der Waals surface area contributed by atoms with Crippen LogP contribution in [0.4, 0.5) is 0 Å². The van der Waals surface area contributed by atoms with Gasteiger partial charge in [-0.1, -0.05) is 30.3 Å². The van der Waals surface area contributed by atoms with Crippen LogP contribution in [0.2, 0.25) is 0 Å². The molecule has 1 saturated heterocycles. The van der Waals surface area contributed by atoms with E-state index in [-0.39, 0.29) is 22.8 Å². The third-order valence-electron chi connectivity index (χ3n) is 5.46. The van der Waals surface area contributed by atoms with Crippen molar-refractivity contribution in [2.45, 2.75) is 30.7 Å². The molecule has 1 fully saturated rings. The van der Waals surface area contributed by atoms with Gasteiger partial charge < -0.3 is 43.8 Å². The summed E-state index contributed by atoms with van der Waals surface area (Å²) >= 11 is 0. The zero-order chi connectivity index (χ0) is 24.6. The van der Waals surface area contributed by atoms with Gasteiger partial charge in [-0.3, -0.25) is 0 Å². The molecule has 0 amide bonds. The number of carboxylic acid groups (broad SMARTS) is 1. The Morgan fingerprint density at radius 1 is 0.941 bits per heavy atom. The number of carbonyl (C=O) groups is 1. The first-order valence-electron chi connectivity index (χ1n) is 10.1. The predicted octanol–water partition coefficient (Wildman–Crippen LogP) is 0.748. The van der Waals surface area contributed by atoms with Gasteiger partial charge >= 0.3 is 11.6 Å². The Bertz CT molecular complexity index is 1250. The second-order valence-electron chi connectivity index (χ2n) is 7.52. The standard InChI is InChI=1S/C23H22O11/c1-30-19-13(32-23-17(27)15(25)16(26)20(34-23)22(28)29)8-12-11(10-6-4-3-5-7-10)9-14(24)33-18(12)21(19)31-2/h3-9,15-17,20,23,25-27H,1-2H3,(H,28,29). The minimum atomic E-state index is -1.88. The number of fused-ring (bicyclic) bond motifs is 1. The average molecular weight is 474 g/mol. The number of aliphatic carboxylic acids is 1. The molecule has 0 radical (unpaired) electrons. The van der Waals surface area contributed by atoms with E-state index in [1.165, 1.54) is 26.4 Å². The maximum atomic E-state index is 12.3. The minimum absolute atomic E-state index is 0.00514. The molecule has 2 aromatic carbocycles. The van der Waals surface area contributed by atoms with Crippen molar-refractivity contribution < 1.29 is 48.6 Å². The van der Waals surface area contributed by atoms with Gasteiger partial charge in [0, 0.05) is 17.0 Å². The molecule has 0 bridgehead atoms. The molecule has 0 saturated carbocycles. The highest BCUT2D eigenvalue weighted by Crippen LogP contribution is 2.46. The molecule has 2 heterocycles. The second kappa shape index (κ2) is 9.31. The first-order valence-corrected chi connectivity index (χ1v) is 10.1. The molecule has 4 N–H and O–H groups in total. The van der Waals surface area contributed by atoms with E-state index in [0.717, 1.165) is 0 Å². The van der Waals surface area contributed by atoms with Crippen LogP contribution >= 0.6 is 0 Å². The Balaban J connectivity index is 1.88. The SMILES string of the molecule is COc1c(OC2OC(C(=O)O)C(O)C(O)C2O)cc2c(-c3ccccc3)cc(=O)oc2c1OC. The fourth-order valence-corrected chi connectivity index (χ4v) is 3.82. The van der Waals surface area contributed by atoms with E-state index < -0.39 is 42.3 Å². The lowest BCUT2D eigenvalue weighted by atomic mass is 9.99. The molecule has 0 spiro atoms. The first kappa shape index (κ1) is 23.5. The molecule has 180 valence electrons. The van der Waals surface area contributed by atoms with E-state index >= 15 is 0 Å². The normalized spacial score (nSPS) is 24.6. The van der Waals surface area contributed by atoms with Gasteiger partial charge in [-0.05, 0) is 11.6 Å². The number of hydrogen-bond donors (Lipinski definition) is 4. The van der Waals surface area contributed by atoms with E-state index in [1.807, 2.05) is 6.07 Å². The maximum Gasteiger partial charge on any atom is 0.336 e. The van der Waals surface area contributed by atoms with Crippen LogP contribution in [0, 0.1) is 0 Å². The van der Waals surface area contributed by atoms with Gasteiger partial charge in [0.15, 0.2) is 17.4 Å². The predicted molar refractivity (Wildman–Crippen MR) is 116 cm³/mol. The summed E-state index contributed by atoms with van der Waals surface area (Å²) in [5, 5.41) is 40.1. The largest absolute Gasteiger partial charge is 0.490 e. The van der Waals surface area contributed by atoms with Gasteiger partial charge in [-0.15, -0.1) is 0 Å². The summed E-state index contributed by atoms with van der Waals surface area (Å²) in [6.45, 7) is 0. The van der Waals surface area contributed by atoms with Crippen LogP contribution in [0.1, 0.15) is 0 Å². The summed E-state index contributed by atoms with van der Waals surface area (Å²) in [6, 6.07) is 11.7. The van der Waals surface area contributed by atoms with Crippen LogP contribution in [0.5, 0.6) is 17.2 Å². The lowest BCUT2D eigenvalue weighted by molar-refractivity contribution is -0.271. The summed E-state index contributed by atoms with van der Waals surface area (Å²) in [4.78, 5) is 23.7. The van der Waals surface area contributed by atoms with Gasteiger partial charge in [-0.2, -0.15) is 0 Å². The van der Waals surface area contributed by atoms with Gasteiger partial charge in [0.05, 0.1) is 14.2 Å². The van der Waals surface area contributed by atoms with Crippen LogP contribution in [-0.2, 0) is 9.53 Å². The van der Waals surface area contributed by atoms with Gasteiger partial charge in [0.25, 0.3) is 0 Å². The molecular weight excluding hydrogens is 452 g/mol. The molecular formula is C23H22O11. The van der Waals surface area contributed by atoms with Crippen LogP contribution in [0.15, 0.2) is 51.7 Å². The van der Waals surface area contributed by atoms with Crippen LogP contribution < -0.4 is 19.8 Å². The summed E-state index contributed by atoms with van der Waals surface area (Å²) in [6.07, 6.45) is -9.06. The van der Waals surface area contributed by atoms with E-state index in [4.69, 9.17) is 23.4 Å². The van der Waals surface area contributed by atoms with Gasteiger partial charge in [-0.25, -0.2) is 9.59 Å². The Morgan fingerprint density at radius 3 is 2.24 bits per heavy atom. The van der Waals surface area contributed by atoms with Crippen molar-refractivity contribution in [2.75, 3.05) is 14.2 Å². The fraction of sp³-hybridized carbons (Fsp3) is 0.304. The summed E-state index contributed by atoms with van der Waals surface area (Å²) in [5.74, 6) is -1.64. The molecule has 11 heteroatoms. The number of hydrogen-bond acceptors (Lipinski definition) is 10. The molecule has 0 aliphatic carbocycles. The molecule has 4 rings (SSSR count). The monoisotopic (exact) mass is 474 g/mol. The van der Waals surface area contributed by atoms with E-state index in [0.29, 0.717) is 16.5 Å². The molecule has 1 aliphatic rings. The van der Waals surface area contributed by atoms with Crippen LogP contribution in [-0.4, -0.2) is 71.3 Å². The van der Waals surface area contributed by atoms with Gasteiger partial charge in [0.2, 0.25) is 17.8 Å². The third-order valence-corrected chi connectivity index (χ3v) is 5.46. The Morgan fingerprint density at radius 2 is 1.62 bits per heavy atom. The molecule has 5 unspecified atom stereocenters. The maximum absolute atomic E-state index is 12.3. The van der Waals surface area contributed by atoms with E-state index in [1.54, 1.807) is 24.3 Å². The molecule has 3 aromatic rings. The fourth-order valence-electron chi connectivity index (χ4n) is 3.82. The van der Waals surface area contributed by atoms with Crippen molar-refractivity contribution in [3.63, 3.8) is 0 Å². The van der Waals surface area contributed by atoms with Crippen LogP contribution in [0.25, 0.3) is 22.1 Å². The van der Waals surface area contributed by atoms with Crippen molar-refractivity contribution in [1.29, 1.82) is 0 Å². The zero-order valence-corrected chi connectivity index (χ0v) is 18.1. The second-order valence-corrected chi connectivity index (χ2v) is 7.52. The average Bonchev–Trinajstić information content (AvgIpc) is 2.83. The van der Waals surface area contributed by atoms with Crippen molar-refractivity contribution in [1.82, 2.24) is 0 Å².